The van der Waals surface area contributed by atoms with Crippen molar-refractivity contribution in [3.8, 4) is 0 Å². The van der Waals surface area contributed by atoms with Gasteiger partial charge in [0.1, 0.15) is 0 Å². The van der Waals surface area contributed by atoms with Gasteiger partial charge >= 0.3 is 0 Å². The van der Waals surface area contributed by atoms with Crippen molar-refractivity contribution in [1.82, 2.24) is 4.98 Å². The number of aromatic nitrogens is 1. The van der Waals surface area contributed by atoms with Gasteiger partial charge in [0.05, 0.1) is 5.60 Å². The number of pyridine rings is 1. The lowest BCUT2D eigenvalue weighted by Crippen LogP contribution is -2.24. The zero-order valence-corrected chi connectivity index (χ0v) is 11.1. The van der Waals surface area contributed by atoms with Crippen molar-refractivity contribution >= 4 is 0 Å². The average Bonchev–Trinajstić information content (AvgIpc) is 2.35. The van der Waals surface area contributed by atoms with Crippen molar-refractivity contribution in [2.75, 3.05) is 0 Å². The minimum atomic E-state index is -0.882. The SMILES string of the molecule is Cc1ccc(C)c(CC(C)(O)c2cccnc2)c1. The minimum absolute atomic E-state index is 0.603. The third-order valence-corrected chi connectivity index (χ3v) is 3.32. The summed E-state index contributed by atoms with van der Waals surface area (Å²) in [6, 6.07) is 10.1. The number of nitrogens with zero attached hydrogens (tertiary/aromatic N) is 1. The molecule has 2 heteroatoms. The van der Waals surface area contributed by atoms with Crippen LogP contribution in [0.5, 0.6) is 0 Å². The molecule has 0 amide bonds. The van der Waals surface area contributed by atoms with Gasteiger partial charge in [-0.1, -0.05) is 29.8 Å². The molecule has 94 valence electrons. The number of hydrogen-bond acceptors (Lipinski definition) is 2. The molecule has 1 aromatic carbocycles. The maximum Gasteiger partial charge on any atom is 0.0923 e. The quantitative estimate of drug-likeness (QED) is 0.895. The van der Waals surface area contributed by atoms with Crippen LogP contribution in [-0.2, 0) is 12.0 Å². The van der Waals surface area contributed by atoms with E-state index >= 15 is 0 Å². The predicted octanol–water partition coefficient (Wildman–Crippen LogP) is 3.15. The third kappa shape index (κ3) is 2.77. The Balaban J connectivity index is 2.30. The Labute approximate surface area is 108 Å². The number of rotatable bonds is 3. The van der Waals surface area contributed by atoms with Crippen molar-refractivity contribution in [1.29, 1.82) is 0 Å². The molecular formula is C16H19NO. The smallest absolute Gasteiger partial charge is 0.0923 e. The summed E-state index contributed by atoms with van der Waals surface area (Å²) in [5.41, 5.74) is 3.59. The molecule has 0 fully saturated rings. The Morgan fingerprint density at radius 1 is 1.22 bits per heavy atom. The lowest BCUT2D eigenvalue weighted by molar-refractivity contribution is 0.0571. The van der Waals surface area contributed by atoms with Crippen molar-refractivity contribution < 1.29 is 5.11 Å². The number of aryl methyl sites for hydroxylation is 2. The van der Waals surface area contributed by atoms with Gasteiger partial charge < -0.3 is 5.11 Å². The molecule has 0 saturated carbocycles. The summed E-state index contributed by atoms with van der Waals surface area (Å²) in [5.74, 6) is 0. The van der Waals surface area contributed by atoms with Gasteiger partial charge in [0, 0.05) is 24.4 Å². The van der Waals surface area contributed by atoms with Crippen LogP contribution in [0.3, 0.4) is 0 Å². The molecule has 0 saturated heterocycles. The van der Waals surface area contributed by atoms with Gasteiger partial charge in [-0.15, -0.1) is 0 Å². The Bertz CT molecular complexity index is 532. The lowest BCUT2D eigenvalue weighted by atomic mass is 9.88. The lowest BCUT2D eigenvalue weighted by Gasteiger charge is -2.24. The van der Waals surface area contributed by atoms with Crippen LogP contribution in [0.2, 0.25) is 0 Å². The Hall–Kier alpha value is -1.67. The molecule has 0 bridgehead atoms. The molecule has 0 radical (unpaired) electrons. The van der Waals surface area contributed by atoms with Crippen LogP contribution in [0.15, 0.2) is 42.7 Å². The first-order valence-corrected chi connectivity index (χ1v) is 6.18. The van der Waals surface area contributed by atoms with Crippen LogP contribution in [0.1, 0.15) is 29.2 Å². The molecule has 1 aromatic heterocycles. The van der Waals surface area contributed by atoms with Crippen LogP contribution >= 0.6 is 0 Å². The number of hydrogen-bond donors (Lipinski definition) is 1. The highest BCUT2D eigenvalue weighted by molar-refractivity contribution is 5.33. The number of aliphatic hydroxyl groups is 1. The Morgan fingerprint density at radius 2 is 2.00 bits per heavy atom. The molecule has 2 aromatic rings. The molecule has 1 unspecified atom stereocenters. The molecule has 0 aliphatic heterocycles. The molecule has 2 rings (SSSR count). The van der Waals surface area contributed by atoms with Gasteiger partial charge in [-0.2, -0.15) is 0 Å². The topological polar surface area (TPSA) is 33.1 Å². The molecule has 2 nitrogen and oxygen atoms in total. The monoisotopic (exact) mass is 241 g/mol. The zero-order chi connectivity index (χ0) is 13.2. The van der Waals surface area contributed by atoms with Crippen molar-refractivity contribution in [3.05, 3.63) is 65.0 Å². The van der Waals surface area contributed by atoms with E-state index in [1.807, 2.05) is 19.1 Å². The van der Waals surface area contributed by atoms with E-state index in [0.29, 0.717) is 6.42 Å². The summed E-state index contributed by atoms with van der Waals surface area (Å²) in [6.07, 6.45) is 4.05. The second kappa shape index (κ2) is 4.91. The van der Waals surface area contributed by atoms with Crippen LogP contribution in [-0.4, -0.2) is 10.1 Å². The van der Waals surface area contributed by atoms with E-state index in [-0.39, 0.29) is 0 Å². The number of benzene rings is 1. The first-order valence-electron chi connectivity index (χ1n) is 6.18. The summed E-state index contributed by atoms with van der Waals surface area (Å²) >= 11 is 0. The summed E-state index contributed by atoms with van der Waals surface area (Å²) < 4.78 is 0. The molecule has 1 atom stereocenters. The fourth-order valence-electron chi connectivity index (χ4n) is 2.14. The van der Waals surface area contributed by atoms with E-state index in [0.717, 1.165) is 5.56 Å². The Morgan fingerprint density at radius 3 is 2.67 bits per heavy atom. The molecule has 0 aliphatic carbocycles. The van der Waals surface area contributed by atoms with E-state index in [4.69, 9.17) is 0 Å². The fraction of sp³-hybridized carbons (Fsp3) is 0.312. The van der Waals surface area contributed by atoms with E-state index in [1.165, 1.54) is 16.7 Å². The molecule has 0 aliphatic rings. The normalized spacial score (nSPS) is 14.2. The van der Waals surface area contributed by atoms with Crippen molar-refractivity contribution in [2.45, 2.75) is 32.8 Å². The zero-order valence-electron chi connectivity index (χ0n) is 11.1. The van der Waals surface area contributed by atoms with Gasteiger partial charge in [0.25, 0.3) is 0 Å². The van der Waals surface area contributed by atoms with Crippen molar-refractivity contribution in [3.63, 3.8) is 0 Å². The second-order valence-electron chi connectivity index (χ2n) is 5.12. The van der Waals surface area contributed by atoms with Gasteiger partial charge in [0.15, 0.2) is 0 Å². The first-order chi connectivity index (χ1) is 8.49. The molecule has 1 heterocycles. The average molecular weight is 241 g/mol. The summed E-state index contributed by atoms with van der Waals surface area (Å²) in [7, 11) is 0. The Kier molecular flexibility index (Phi) is 3.48. The minimum Gasteiger partial charge on any atom is -0.385 e. The van der Waals surface area contributed by atoms with Gasteiger partial charge in [-0.05, 0) is 38.0 Å². The van der Waals surface area contributed by atoms with Crippen molar-refractivity contribution in [2.24, 2.45) is 0 Å². The first kappa shape index (κ1) is 12.8. The molecule has 1 N–H and O–H groups in total. The summed E-state index contributed by atoms with van der Waals surface area (Å²) in [5, 5.41) is 10.6. The summed E-state index contributed by atoms with van der Waals surface area (Å²) in [4.78, 5) is 4.07. The largest absolute Gasteiger partial charge is 0.385 e. The van der Waals surface area contributed by atoms with E-state index in [1.54, 1.807) is 12.4 Å². The van der Waals surface area contributed by atoms with E-state index in [2.05, 4.69) is 37.0 Å². The summed E-state index contributed by atoms with van der Waals surface area (Å²) in [6.45, 7) is 5.99. The van der Waals surface area contributed by atoms with Crippen LogP contribution in [0, 0.1) is 13.8 Å². The standard InChI is InChI=1S/C16H19NO/c1-12-6-7-13(2)14(9-12)10-16(3,18)15-5-4-8-17-11-15/h4-9,11,18H,10H2,1-3H3. The fourth-order valence-corrected chi connectivity index (χ4v) is 2.14. The van der Waals surface area contributed by atoms with Gasteiger partial charge in [-0.25, -0.2) is 0 Å². The maximum absolute atomic E-state index is 10.6. The van der Waals surface area contributed by atoms with E-state index < -0.39 is 5.60 Å². The predicted molar refractivity (Wildman–Crippen MR) is 73.4 cm³/mol. The second-order valence-corrected chi connectivity index (χ2v) is 5.12. The van der Waals surface area contributed by atoms with Crippen LogP contribution < -0.4 is 0 Å². The van der Waals surface area contributed by atoms with Crippen LogP contribution in [0.25, 0.3) is 0 Å². The highest BCUT2D eigenvalue weighted by atomic mass is 16.3. The highest BCUT2D eigenvalue weighted by Gasteiger charge is 2.24. The molecule has 0 spiro atoms. The van der Waals surface area contributed by atoms with Gasteiger partial charge in [-0.3, -0.25) is 4.98 Å². The van der Waals surface area contributed by atoms with Crippen LogP contribution in [0.4, 0.5) is 0 Å². The third-order valence-electron chi connectivity index (χ3n) is 3.32. The van der Waals surface area contributed by atoms with E-state index in [9.17, 15) is 5.11 Å². The molecular weight excluding hydrogens is 222 g/mol. The maximum atomic E-state index is 10.6. The molecule has 18 heavy (non-hydrogen) atoms. The van der Waals surface area contributed by atoms with Gasteiger partial charge in [0.2, 0.25) is 0 Å². The highest BCUT2D eigenvalue weighted by Crippen LogP contribution is 2.26.